The van der Waals surface area contributed by atoms with Gasteiger partial charge < -0.3 is 15.4 Å². The molecule has 2 unspecified atom stereocenters. The molecule has 1 aromatic rings. The number of nitrogen functional groups attached to an aromatic ring is 1. The highest BCUT2D eigenvalue weighted by atomic mass is 32.2. The van der Waals surface area contributed by atoms with E-state index < -0.39 is 0 Å². The lowest BCUT2D eigenvalue weighted by Gasteiger charge is -2.19. The molecule has 18 heavy (non-hydrogen) atoms. The number of nitrogens with zero attached hydrogens (tertiary/aromatic N) is 3. The number of thioether (sulfide) groups is 1. The number of anilines is 2. The van der Waals surface area contributed by atoms with E-state index in [4.69, 9.17) is 5.84 Å². The summed E-state index contributed by atoms with van der Waals surface area (Å²) in [5, 5.41) is 10.3. The number of hydrogen-bond acceptors (Lipinski definition) is 7. The van der Waals surface area contributed by atoms with Crippen LogP contribution < -0.4 is 16.2 Å². The van der Waals surface area contributed by atoms with Crippen molar-refractivity contribution < 1.29 is 5.11 Å². The van der Waals surface area contributed by atoms with Crippen molar-refractivity contribution in [3.8, 4) is 0 Å². The SMILES string of the molecule is CSc1nc(NN)cc(N2CCC(C(C)O)C2)n1. The van der Waals surface area contributed by atoms with E-state index in [0.29, 0.717) is 16.9 Å². The van der Waals surface area contributed by atoms with Gasteiger partial charge in [-0.1, -0.05) is 11.8 Å². The Morgan fingerprint density at radius 1 is 1.61 bits per heavy atom. The minimum atomic E-state index is -0.274. The van der Waals surface area contributed by atoms with Gasteiger partial charge >= 0.3 is 0 Å². The first-order valence-electron chi connectivity index (χ1n) is 5.96. The molecule has 100 valence electrons. The lowest BCUT2D eigenvalue weighted by molar-refractivity contribution is 0.136. The van der Waals surface area contributed by atoms with Gasteiger partial charge in [-0.25, -0.2) is 15.8 Å². The molecule has 0 amide bonds. The van der Waals surface area contributed by atoms with Gasteiger partial charge in [0, 0.05) is 25.1 Å². The first-order chi connectivity index (χ1) is 8.63. The van der Waals surface area contributed by atoms with Gasteiger partial charge in [0.2, 0.25) is 0 Å². The Morgan fingerprint density at radius 2 is 2.39 bits per heavy atom. The third-order valence-corrected chi connectivity index (χ3v) is 3.80. The maximum Gasteiger partial charge on any atom is 0.191 e. The predicted molar refractivity (Wildman–Crippen MR) is 73.6 cm³/mol. The molecule has 7 heteroatoms. The molecule has 2 rings (SSSR count). The zero-order chi connectivity index (χ0) is 13.1. The highest BCUT2D eigenvalue weighted by molar-refractivity contribution is 7.98. The van der Waals surface area contributed by atoms with E-state index in [1.807, 2.05) is 19.2 Å². The van der Waals surface area contributed by atoms with Crippen molar-refractivity contribution in [1.29, 1.82) is 0 Å². The van der Waals surface area contributed by atoms with Crippen LogP contribution in [-0.4, -0.2) is 40.5 Å². The summed E-state index contributed by atoms with van der Waals surface area (Å²) < 4.78 is 0. The maximum atomic E-state index is 9.62. The topological polar surface area (TPSA) is 87.3 Å². The predicted octanol–water partition coefficient (Wildman–Crippen LogP) is 0.691. The van der Waals surface area contributed by atoms with E-state index in [1.54, 1.807) is 0 Å². The molecule has 1 aromatic heterocycles. The Hall–Kier alpha value is -1.05. The van der Waals surface area contributed by atoms with Crippen molar-refractivity contribution in [1.82, 2.24) is 9.97 Å². The first kappa shape index (κ1) is 13.4. The number of hydrogen-bond donors (Lipinski definition) is 3. The van der Waals surface area contributed by atoms with Crippen LogP contribution in [0.4, 0.5) is 11.6 Å². The average molecular weight is 269 g/mol. The average Bonchev–Trinajstić information content (AvgIpc) is 2.87. The maximum absolute atomic E-state index is 9.62. The molecular weight excluding hydrogens is 250 g/mol. The van der Waals surface area contributed by atoms with Gasteiger partial charge in [-0.3, -0.25) is 0 Å². The van der Waals surface area contributed by atoms with Crippen LogP contribution in [0, 0.1) is 5.92 Å². The second-order valence-electron chi connectivity index (χ2n) is 4.48. The molecule has 0 spiro atoms. The summed E-state index contributed by atoms with van der Waals surface area (Å²) in [5.41, 5.74) is 2.56. The van der Waals surface area contributed by atoms with Gasteiger partial charge in [0.05, 0.1) is 6.10 Å². The lowest BCUT2D eigenvalue weighted by Crippen LogP contribution is -2.25. The van der Waals surface area contributed by atoms with E-state index in [1.165, 1.54) is 11.8 Å². The highest BCUT2D eigenvalue weighted by Crippen LogP contribution is 2.27. The van der Waals surface area contributed by atoms with Gasteiger partial charge in [-0.15, -0.1) is 0 Å². The fraction of sp³-hybridized carbons (Fsp3) is 0.636. The molecule has 6 nitrogen and oxygen atoms in total. The van der Waals surface area contributed by atoms with E-state index in [9.17, 15) is 5.11 Å². The fourth-order valence-corrected chi connectivity index (χ4v) is 2.50. The summed E-state index contributed by atoms with van der Waals surface area (Å²) >= 11 is 1.48. The number of nitrogens with two attached hydrogens (primary N) is 1. The minimum Gasteiger partial charge on any atom is -0.393 e. The molecule has 1 saturated heterocycles. The van der Waals surface area contributed by atoms with E-state index >= 15 is 0 Å². The van der Waals surface area contributed by atoms with Crippen LogP contribution in [0.2, 0.25) is 0 Å². The molecule has 4 N–H and O–H groups in total. The third kappa shape index (κ3) is 2.85. The van der Waals surface area contributed by atoms with Crippen molar-refractivity contribution in [2.75, 3.05) is 29.7 Å². The van der Waals surface area contributed by atoms with Crippen molar-refractivity contribution in [3.63, 3.8) is 0 Å². The molecular formula is C11H19N5OS. The lowest BCUT2D eigenvalue weighted by atomic mass is 10.0. The molecule has 1 aliphatic rings. The summed E-state index contributed by atoms with van der Waals surface area (Å²) in [6.07, 6.45) is 2.65. The molecule has 1 fully saturated rings. The van der Waals surface area contributed by atoms with Crippen molar-refractivity contribution in [2.45, 2.75) is 24.6 Å². The number of nitrogens with one attached hydrogen (secondary N) is 1. The number of rotatable bonds is 4. The van der Waals surface area contributed by atoms with Crippen molar-refractivity contribution >= 4 is 23.4 Å². The van der Waals surface area contributed by atoms with E-state index in [-0.39, 0.29) is 6.10 Å². The van der Waals surface area contributed by atoms with E-state index in [2.05, 4.69) is 20.3 Å². The van der Waals surface area contributed by atoms with Gasteiger partial charge in [-0.2, -0.15) is 0 Å². The Kier molecular flexibility index (Phi) is 4.26. The second kappa shape index (κ2) is 5.73. The zero-order valence-electron chi connectivity index (χ0n) is 10.6. The smallest absolute Gasteiger partial charge is 0.191 e. The summed E-state index contributed by atoms with van der Waals surface area (Å²) in [7, 11) is 0. The molecule has 1 aliphatic heterocycles. The fourth-order valence-electron chi connectivity index (χ4n) is 2.13. The van der Waals surface area contributed by atoms with E-state index in [0.717, 1.165) is 25.3 Å². The Bertz CT molecular complexity index is 392. The van der Waals surface area contributed by atoms with Crippen LogP contribution >= 0.6 is 11.8 Å². The summed E-state index contributed by atoms with van der Waals surface area (Å²) in [6, 6.07) is 1.84. The van der Waals surface area contributed by atoms with Crippen LogP contribution in [0.1, 0.15) is 13.3 Å². The monoisotopic (exact) mass is 269 g/mol. The standard InChI is InChI=1S/C11H19N5OS/c1-7(17)8-3-4-16(6-8)10-5-9(15-12)13-11(14-10)18-2/h5,7-8,17H,3-4,6,12H2,1-2H3,(H,13,14,15). The van der Waals surface area contributed by atoms with Gasteiger partial charge in [0.25, 0.3) is 0 Å². The van der Waals surface area contributed by atoms with Crippen LogP contribution in [0.15, 0.2) is 11.2 Å². The van der Waals surface area contributed by atoms with Crippen LogP contribution in [0.25, 0.3) is 0 Å². The normalized spacial score (nSPS) is 21.1. The number of aromatic nitrogens is 2. The van der Waals surface area contributed by atoms with Gasteiger partial charge in [-0.05, 0) is 19.6 Å². The molecule has 0 bridgehead atoms. The van der Waals surface area contributed by atoms with Crippen molar-refractivity contribution in [2.24, 2.45) is 11.8 Å². The van der Waals surface area contributed by atoms with Gasteiger partial charge in [0.1, 0.15) is 11.6 Å². The van der Waals surface area contributed by atoms with Gasteiger partial charge in [0.15, 0.2) is 5.16 Å². The van der Waals surface area contributed by atoms with Crippen LogP contribution in [0.5, 0.6) is 0 Å². The van der Waals surface area contributed by atoms with Crippen LogP contribution in [-0.2, 0) is 0 Å². The van der Waals surface area contributed by atoms with Crippen molar-refractivity contribution in [3.05, 3.63) is 6.07 Å². The summed E-state index contributed by atoms with van der Waals surface area (Å²) in [4.78, 5) is 10.9. The summed E-state index contributed by atoms with van der Waals surface area (Å²) in [5.74, 6) is 7.20. The first-order valence-corrected chi connectivity index (χ1v) is 7.19. The molecule has 0 aliphatic carbocycles. The number of aliphatic hydroxyl groups is 1. The number of hydrazine groups is 1. The number of aliphatic hydroxyl groups excluding tert-OH is 1. The Labute approximate surface area is 111 Å². The minimum absolute atomic E-state index is 0.274. The molecule has 2 atom stereocenters. The summed E-state index contributed by atoms with van der Waals surface area (Å²) in [6.45, 7) is 3.57. The molecule has 0 aromatic carbocycles. The zero-order valence-corrected chi connectivity index (χ0v) is 11.4. The molecule has 0 radical (unpaired) electrons. The Morgan fingerprint density at radius 3 is 2.94 bits per heavy atom. The molecule has 2 heterocycles. The Balaban J connectivity index is 2.18. The highest BCUT2D eigenvalue weighted by Gasteiger charge is 2.27. The van der Waals surface area contributed by atoms with Crippen LogP contribution in [0.3, 0.4) is 0 Å². The third-order valence-electron chi connectivity index (χ3n) is 3.25. The largest absolute Gasteiger partial charge is 0.393 e. The quantitative estimate of drug-likeness (QED) is 0.321. The molecule has 0 saturated carbocycles. The second-order valence-corrected chi connectivity index (χ2v) is 5.25.